The summed E-state index contributed by atoms with van der Waals surface area (Å²) in [4.78, 5) is 23.2. The Morgan fingerprint density at radius 1 is 1.17 bits per heavy atom. The lowest BCUT2D eigenvalue weighted by molar-refractivity contribution is -0.117. The van der Waals surface area contributed by atoms with Gasteiger partial charge in [-0.3, -0.25) is 9.59 Å². The zero-order valence-electron chi connectivity index (χ0n) is 10.5. The SMILES string of the molecule is COC1=CC(=O)C(CC2(Cl)CCCCC2)=CC1=O. The molecule has 4 heteroatoms. The minimum absolute atomic E-state index is 0.107. The predicted molar refractivity (Wildman–Crippen MR) is 69.5 cm³/mol. The standard InChI is InChI=1S/C14H17ClO3/c1-18-13-8-11(16)10(7-12(13)17)9-14(15)5-3-2-4-6-14/h7-8H,2-6,9H2,1H3. The monoisotopic (exact) mass is 268 g/mol. The highest BCUT2D eigenvalue weighted by Gasteiger charge is 2.33. The molecule has 1 saturated carbocycles. The molecule has 0 atom stereocenters. The summed E-state index contributed by atoms with van der Waals surface area (Å²) in [6, 6.07) is 0. The largest absolute Gasteiger partial charge is 0.493 e. The molecule has 0 bridgehead atoms. The molecule has 0 heterocycles. The number of ether oxygens (including phenoxy) is 1. The third-order valence-corrected chi connectivity index (χ3v) is 4.12. The highest BCUT2D eigenvalue weighted by Crippen LogP contribution is 2.39. The summed E-state index contributed by atoms with van der Waals surface area (Å²) in [7, 11) is 1.39. The van der Waals surface area contributed by atoms with Crippen LogP contribution in [0.4, 0.5) is 0 Å². The number of ketones is 2. The molecule has 0 aromatic carbocycles. The first-order valence-corrected chi connectivity index (χ1v) is 6.66. The van der Waals surface area contributed by atoms with Gasteiger partial charge in [0.15, 0.2) is 11.5 Å². The van der Waals surface area contributed by atoms with Gasteiger partial charge in [-0.15, -0.1) is 11.6 Å². The van der Waals surface area contributed by atoms with E-state index in [4.69, 9.17) is 16.3 Å². The van der Waals surface area contributed by atoms with Gasteiger partial charge in [0, 0.05) is 16.5 Å². The molecule has 2 aliphatic carbocycles. The second kappa shape index (κ2) is 5.27. The fraction of sp³-hybridized carbons (Fsp3) is 0.571. The Morgan fingerprint density at radius 2 is 1.83 bits per heavy atom. The van der Waals surface area contributed by atoms with Crippen LogP contribution in [0.15, 0.2) is 23.5 Å². The van der Waals surface area contributed by atoms with Crippen molar-refractivity contribution >= 4 is 23.2 Å². The Morgan fingerprint density at radius 3 is 2.44 bits per heavy atom. The van der Waals surface area contributed by atoms with E-state index >= 15 is 0 Å². The Hall–Kier alpha value is -1.09. The van der Waals surface area contributed by atoms with Gasteiger partial charge in [-0.2, -0.15) is 0 Å². The average Bonchev–Trinajstić information content (AvgIpc) is 2.34. The Bertz CT molecular complexity index is 428. The van der Waals surface area contributed by atoms with Crippen LogP contribution < -0.4 is 0 Å². The van der Waals surface area contributed by atoms with E-state index in [2.05, 4.69) is 0 Å². The number of rotatable bonds is 3. The van der Waals surface area contributed by atoms with Crippen molar-refractivity contribution < 1.29 is 14.3 Å². The third-order valence-electron chi connectivity index (χ3n) is 3.60. The molecule has 0 aromatic rings. The molecule has 0 aromatic heterocycles. The fourth-order valence-electron chi connectivity index (χ4n) is 2.58. The van der Waals surface area contributed by atoms with Crippen LogP contribution in [-0.4, -0.2) is 23.6 Å². The van der Waals surface area contributed by atoms with Crippen molar-refractivity contribution in [3.05, 3.63) is 23.5 Å². The molecule has 0 spiro atoms. The summed E-state index contributed by atoms with van der Waals surface area (Å²) < 4.78 is 4.85. The molecule has 0 radical (unpaired) electrons. The summed E-state index contributed by atoms with van der Waals surface area (Å²) in [5.41, 5.74) is 0.512. The number of methoxy groups -OCH3 is 1. The molecule has 0 unspecified atom stereocenters. The number of alkyl halides is 1. The Balaban J connectivity index is 2.10. The molecule has 18 heavy (non-hydrogen) atoms. The maximum absolute atomic E-state index is 11.9. The van der Waals surface area contributed by atoms with Gasteiger partial charge in [0.05, 0.1) is 7.11 Å². The van der Waals surface area contributed by atoms with Crippen LogP contribution in [0, 0.1) is 0 Å². The summed E-state index contributed by atoms with van der Waals surface area (Å²) in [6.45, 7) is 0. The smallest absolute Gasteiger partial charge is 0.220 e. The summed E-state index contributed by atoms with van der Waals surface area (Å²) in [6.07, 6.45) is 8.33. The molecule has 2 aliphatic rings. The normalized spacial score (nSPS) is 23.4. The van der Waals surface area contributed by atoms with Crippen LogP contribution in [-0.2, 0) is 14.3 Å². The van der Waals surface area contributed by atoms with E-state index in [1.807, 2.05) is 0 Å². The van der Waals surface area contributed by atoms with Gasteiger partial charge in [0.25, 0.3) is 0 Å². The Labute approximate surface area is 112 Å². The minimum Gasteiger partial charge on any atom is -0.493 e. The fourth-order valence-corrected chi connectivity index (χ4v) is 3.00. The van der Waals surface area contributed by atoms with Crippen molar-refractivity contribution in [3.63, 3.8) is 0 Å². The number of carbonyl (C=O) groups is 2. The number of carbonyl (C=O) groups excluding carboxylic acids is 2. The lowest BCUT2D eigenvalue weighted by Gasteiger charge is -2.31. The van der Waals surface area contributed by atoms with E-state index in [0.717, 1.165) is 25.7 Å². The first kappa shape index (κ1) is 13.3. The lowest BCUT2D eigenvalue weighted by atomic mass is 9.82. The van der Waals surface area contributed by atoms with Crippen LogP contribution >= 0.6 is 11.6 Å². The van der Waals surface area contributed by atoms with Gasteiger partial charge < -0.3 is 4.74 Å². The van der Waals surface area contributed by atoms with Gasteiger partial charge in [-0.1, -0.05) is 19.3 Å². The van der Waals surface area contributed by atoms with Gasteiger partial charge in [-0.05, 0) is 25.3 Å². The van der Waals surface area contributed by atoms with Crippen molar-refractivity contribution in [1.82, 2.24) is 0 Å². The lowest BCUT2D eigenvalue weighted by Crippen LogP contribution is -2.28. The van der Waals surface area contributed by atoms with Crippen LogP contribution in [0.25, 0.3) is 0 Å². The molecule has 1 fully saturated rings. The first-order valence-electron chi connectivity index (χ1n) is 6.28. The van der Waals surface area contributed by atoms with E-state index in [-0.39, 0.29) is 22.2 Å². The molecule has 0 N–H and O–H groups in total. The second-order valence-electron chi connectivity index (χ2n) is 5.00. The van der Waals surface area contributed by atoms with E-state index in [1.165, 1.54) is 25.7 Å². The van der Waals surface area contributed by atoms with Crippen molar-refractivity contribution in [2.45, 2.75) is 43.4 Å². The summed E-state index contributed by atoms with van der Waals surface area (Å²) >= 11 is 6.54. The molecular formula is C14H17ClO3. The molecule has 0 aliphatic heterocycles. The van der Waals surface area contributed by atoms with Crippen LogP contribution in [0.3, 0.4) is 0 Å². The van der Waals surface area contributed by atoms with E-state index in [1.54, 1.807) is 0 Å². The summed E-state index contributed by atoms with van der Waals surface area (Å²) in [5.74, 6) is -0.295. The van der Waals surface area contributed by atoms with Crippen LogP contribution in [0.5, 0.6) is 0 Å². The van der Waals surface area contributed by atoms with Gasteiger partial charge in [0.2, 0.25) is 5.78 Å². The van der Waals surface area contributed by atoms with E-state index in [0.29, 0.717) is 12.0 Å². The summed E-state index contributed by atoms with van der Waals surface area (Å²) in [5, 5.41) is 0. The minimum atomic E-state index is -0.349. The number of halogens is 1. The van der Waals surface area contributed by atoms with E-state index in [9.17, 15) is 9.59 Å². The topological polar surface area (TPSA) is 43.4 Å². The molecule has 98 valence electrons. The quantitative estimate of drug-likeness (QED) is 0.584. The molecule has 0 amide bonds. The maximum atomic E-state index is 11.9. The Kier molecular flexibility index (Phi) is 3.91. The van der Waals surface area contributed by atoms with Crippen LogP contribution in [0.1, 0.15) is 38.5 Å². The van der Waals surface area contributed by atoms with Gasteiger partial charge in [0.1, 0.15) is 0 Å². The number of allylic oxidation sites excluding steroid dienone is 3. The van der Waals surface area contributed by atoms with Crippen molar-refractivity contribution in [2.75, 3.05) is 7.11 Å². The molecule has 0 saturated heterocycles. The van der Waals surface area contributed by atoms with Crippen molar-refractivity contribution in [2.24, 2.45) is 0 Å². The van der Waals surface area contributed by atoms with E-state index < -0.39 is 0 Å². The van der Waals surface area contributed by atoms with Gasteiger partial charge >= 0.3 is 0 Å². The first-order chi connectivity index (χ1) is 8.54. The zero-order valence-corrected chi connectivity index (χ0v) is 11.3. The highest BCUT2D eigenvalue weighted by atomic mass is 35.5. The highest BCUT2D eigenvalue weighted by molar-refractivity contribution is 6.25. The number of hydrogen-bond acceptors (Lipinski definition) is 3. The number of hydrogen-bond donors (Lipinski definition) is 0. The van der Waals surface area contributed by atoms with Crippen molar-refractivity contribution in [1.29, 1.82) is 0 Å². The predicted octanol–water partition coefficient (Wildman–Crippen LogP) is 2.93. The maximum Gasteiger partial charge on any atom is 0.220 e. The second-order valence-corrected chi connectivity index (χ2v) is 5.80. The molecule has 3 nitrogen and oxygen atoms in total. The molecule has 2 rings (SSSR count). The van der Waals surface area contributed by atoms with Crippen LogP contribution in [0.2, 0.25) is 0 Å². The van der Waals surface area contributed by atoms with Gasteiger partial charge in [-0.25, -0.2) is 0 Å². The average molecular weight is 269 g/mol. The molecular weight excluding hydrogens is 252 g/mol. The third kappa shape index (κ3) is 2.83. The van der Waals surface area contributed by atoms with Crippen molar-refractivity contribution in [3.8, 4) is 0 Å². The zero-order chi connectivity index (χ0) is 13.2.